The SMILES string of the molecule is C=C1C(c2ccc(NC#N)cc2C)=C(C)N(C(C)C)c2cc(N3CCCCC3)c(CC)cc21. The number of anilines is 3. The molecular formula is C29H36N4. The maximum atomic E-state index is 8.99. The van der Waals surface area contributed by atoms with Crippen molar-refractivity contribution in [2.45, 2.75) is 66.3 Å². The van der Waals surface area contributed by atoms with Crippen LogP contribution in [0.5, 0.6) is 0 Å². The molecule has 0 radical (unpaired) electrons. The summed E-state index contributed by atoms with van der Waals surface area (Å²) < 4.78 is 0. The lowest BCUT2D eigenvalue weighted by atomic mass is 9.83. The summed E-state index contributed by atoms with van der Waals surface area (Å²) in [7, 11) is 0. The van der Waals surface area contributed by atoms with Gasteiger partial charge in [0.05, 0.1) is 5.69 Å². The van der Waals surface area contributed by atoms with Crippen LogP contribution in [0.3, 0.4) is 0 Å². The van der Waals surface area contributed by atoms with E-state index in [2.05, 4.69) is 74.5 Å². The Hall–Kier alpha value is -3.19. The summed E-state index contributed by atoms with van der Waals surface area (Å²) in [5, 5.41) is 11.7. The lowest BCUT2D eigenvalue weighted by Gasteiger charge is -2.40. The standard InChI is InChI=1S/C29H36N4/c1-7-23-16-26-21(5)29(25-12-11-24(31-18-30)15-20(25)4)22(6)33(19(2)3)28(26)17-27(23)32-13-9-8-10-14-32/h11-12,15-17,19,31H,5,7-10,13-14H2,1-4,6H3. The molecule has 2 aliphatic rings. The molecule has 0 aromatic heterocycles. The van der Waals surface area contributed by atoms with Gasteiger partial charge in [-0.25, -0.2) is 0 Å². The van der Waals surface area contributed by atoms with Gasteiger partial charge in [-0.1, -0.05) is 19.6 Å². The number of hydrogen-bond donors (Lipinski definition) is 1. The molecule has 4 rings (SSSR count). The number of nitrogens with zero attached hydrogens (tertiary/aromatic N) is 3. The Bertz CT molecular complexity index is 1140. The van der Waals surface area contributed by atoms with Crippen LogP contribution in [0.2, 0.25) is 0 Å². The van der Waals surface area contributed by atoms with Crippen LogP contribution in [0.1, 0.15) is 69.2 Å². The summed E-state index contributed by atoms with van der Waals surface area (Å²) >= 11 is 0. The Morgan fingerprint density at radius 3 is 2.36 bits per heavy atom. The number of nitrogens with one attached hydrogen (secondary N) is 1. The highest BCUT2D eigenvalue weighted by Gasteiger charge is 2.30. The fraction of sp³-hybridized carbons (Fsp3) is 0.414. The highest BCUT2D eigenvalue weighted by atomic mass is 15.2. The molecule has 1 N–H and O–H groups in total. The van der Waals surface area contributed by atoms with Crippen molar-refractivity contribution in [3.05, 3.63) is 64.9 Å². The first-order valence-electron chi connectivity index (χ1n) is 12.2. The van der Waals surface area contributed by atoms with Gasteiger partial charge in [-0.15, -0.1) is 0 Å². The molecule has 2 heterocycles. The van der Waals surface area contributed by atoms with Crippen molar-refractivity contribution in [3.8, 4) is 6.19 Å². The van der Waals surface area contributed by atoms with Crippen LogP contribution >= 0.6 is 0 Å². The van der Waals surface area contributed by atoms with E-state index in [4.69, 9.17) is 5.26 Å². The maximum Gasteiger partial charge on any atom is 0.181 e. The lowest BCUT2D eigenvalue weighted by molar-refractivity contribution is 0.576. The van der Waals surface area contributed by atoms with E-state index in [0.717, 1.165) is 36.3 Å². The van der Waals surface area contributed by atoms with Gasteiger partial charge in [0.2, 0.25) is 0 Å². The average Bonchev–Trinajstić information content (AvgIpc) is 2.80. The predicted octanol–water partition coefficient (Wildman–Crippen LogP) is 7.11. The van der Waals surface area contributed by atoms with E-state index >= 15 is 0 Å². The van der Waals surface area contributed by atoms with Crippen molar-refractivity contribution >= 4 is 28.2 Å². The summed E-state index contributed by atoms with van der Waals surface area (Å²) in [6, 6.07) is 11.3. The predicted molar refractivity (Wildman–Crippen MR) is 142 cm³/mol. The van der Waals surface area contributed by atoms with Gasteiger partial charge in [-0.3, -0.25) is 5.32 Å². The monoisotopic (exact) mass is 440 g/mol. The molecule has 1 fully saturated rings. The van der Waals surface area contributed by atoms with Gasteiger partial charge in [0.25, 0.3) is 0 Å². The highest BCUT2D eigenvalue weighted by molar-refractivity contribution is 6.12. The van der Waals surface area contributed by atoms with Crippen LogP contribution in [0.25, 0.3) is 11.1 Å². The van der Waals surface area contributed by atoms with Crippen LogP contribution in [0, 0.1) is 18.4 Å². The maximum absolute atomic E-state index is 8.99. The molecule has 4 nitrogen and oxygen atoms in total. The Morgan fingerprint density at radius 2 is 1.76 bits per heavy atom. The van der Waals surface area contributed by atoms with E-state index < -0.39 is 0 Å². The van der Waals surface area contributed by atoms with E-state index in [9.17, 15) is 0 Å². The molecule has 2 aliphatic heterocycles. The summed E-state index contributed by atoms with van der Waals surface area (Å²) in [6.07, 6.45) is 6.92. The molecule has 1 saturated heterocycles. The van der Waals surface area contributed by atoms with Crippen molar-refractivity contribution < 1.29 is 0 Å². The molecule has 2 aromatic carbocycles. The van der Waals surface area contributed by atoms with E-state index in [1.165, 1.54) is 58.6 Å². The second-order valence-corrected chi connectivity index (χ2v) is 9.57. The number of benzene rings is 2. The quantitative estimate of drug-likeness (QED) is 0.397. The number of hydrogen-bond acceptors (Lipinski definition) is 4. The molecule has 4 heteroatoms. The third-order valence-corrected chi connectivity index (χ3v) is 7.10. The smallest absolute Gasteiger partial charge is 0.181 e. The fourth-order valence-corrected chi connectivity index (χ4v) is 5.54. The minimum atomic E-state index is 0.327. The normalized spacial score (nSPS) is 16.2. The van der Waals surface area contributed by atoms with Gasteiger partial charge in [0.1, 0.15) is 0 Å². The van der Waals surface area contributed by atoms with Crippen LogP contribution in [-0.2, 0) is 6.42 Å². The first-order chi connectivity index (χ1) is 15.9. The zero-order valence-electron chi connectivity index (χ0n) is 20.8. The molecule has 0 amide bonds. The molecule has 0 unspecified atom stereocenters. The zero-order valence-corrected chi connectivity index (χ0v) is 20.8. The van der Waals surface area contributed by atoms with E-state index in [-0.39, 0.29) is 0 Å². The Morgan fingerprint density at radius 1 is 1.03 bits per heavy atom. The van der Waals surface area contributed by atoms with Gasteiger partial charge in [0, 0.05) is 47.3 Å². The second kappa shape index (κ2) is 9.35. The summed E-state index contributed by atoms with van der Waals surface area (Å²) in [5.41, 5.74) is 12.0. The number of allylic oxidation sites excluding steroid dienone is 3. The molecular weight excluding hydrogens is 404 g/mol. The van der Waals surface area contributed by atoms with E-state index in [1.807, 2.05) is 18.3 Å². The summed E-state index contributed by atoms with van der Waals surface area (Å²) in [4.78, 5) is 5.07. The number of rotatable bonds is 5. The number of fused-ring (bicyclic) bond motifs is 1. The number of piperidine rings is 1. The van der Waals surface area contributed by atoms with Crippen LogP contribution < -0.4 is 15.1 Å². The van der Waals surface area contributed by atoms with Gasteiger partial charge in [-0.05, 0) is 99.9 Å². The first-order valence-corrected chi connectivity index (χ1v) is 12.2. The zero-order chi connectivity index (χ0) is 23.7. The topological polar surface area (TPSA) is 42.3 Å². The minimum Gasteiger partial charge on any atom is -0.371 e. The number of aryl methyl sites for hydroxylation is 2. The lowest BCUT2D eigenvalue weighted by Crippen LogP contribution is -2.34. The van der Waals surface area contributed by atoms with Crippen LogP contribution in [0.15, 0.2) is 42.6 Å². The van der Waals surface area contributed by atoms with Crippen molar-refractivity contribution in [3.63, 3.8) is 0 Å². The Kier molecular flexibility index (Phi) is 6.51. The van der Waals surface area contributed by atoms with Gasteiger partial charge < -0.3 is 9.80 Å². The van der Waals surface area contributed by atoms with Crippen LogP contribution in [0.4, 0.5) is 17.1 Å². The average molecular weight is 441 g/mol. The van der Waals surface area contributed by atoms with Gasteiger partial charge >= 0.3 is 0 Å². The van der Waals surface area contributed by atoms with Crippen molar-refractivity contribution in [2.24, 2.45) is 0 Å². The molecule has 0 aliphatic carbocycles. The second-order valence-electron chi connectivity index (χ2n) is 9.57. The van der Waals surface area contributed by atoms with Crippen molar-refractivity contribution in [1.82, 2.24) is 0 Å². The van der Waals surface area contributed by atoms with Gasteiger partial charge in [-0.2, -0.15) is 5.26 Å². The molecule has 172 valence electrons. The van der Waals surface area contributed by atoms with Gasteiger partial charge in [0.15, 0.2) is 6.19 Å². The van der Waals surface area contributed by atoms with E-state index in [1.54, 1.807) is 0 Å². The van der Waals surface area contributed by atoms with Crippen molar-refractivity contribution in [1.29, 1.82) is 5.26 Å². The Balaban J connectivity index is 1.87. The van der Waals surface area contributed by atoms with Crippen LogP contribution in [-0.4, -0.2) is 19.1 Å². The molecule has 33 heavy (non-hydrogen) atoms. The Labute approximate surface area is 199 Å². The molecule has 2 aromatic rings. The fourth-order valence-electron chi connectivity index (χ4n) is 5.54. The van der Waals surface area contributed by atoms with Crippen molar-refractivity contribution in [2.75, 3.05) is 28.2 Å². The minimum absolute atomic E-state index is 0.327. The van der Waals surface area contributed by atoms with E-state index in [0.29, 0.717) is 6.04 Å². The molecule has 0 saturated carbocycles. The first kappa shape index (κ1) is 23.0. The highest BCUT2D eigenvalue weighted by Crippen LogP contribution is 2.48. The largest absolute Gasteiger partial charge is 0.371 e. The molecule has 0 spiro atoms. The molecule has 0 atom stereocenters. The summed E-state index contributed by atoms with van der Waals surface area (Å²) in [6.45, 7) is 18.0. The third-order valence-electron chi connectivity index (χ3n) is 7.10. The third kappa shape index (κ3) is 4.13. The molecule has 0 bridgehead atoms. The number of nitriles is 1. The summed E-state index contributed by atoms with van der Waals surface area (Å²) in [5.74, 6) is 0.